The molecule has 0 unspecified atom stereocenters. The summed E-state index contributed by atoms with van der Waals surface area (Å²) in [5, 5.41) is 10.2. The summed E-state index contributed by atoms with van der Waals surface area (Å²) >= 11 is 1.43. The summed E-state index contributed by atoms with van der Waals surface area (Å²) in [6.45, 7) is 1.88. The second kappa shape index (κ2) is 3.95. The van der Waals surface area contributed by atoms with Crippen LogP contribution in [0.25, 0.3) is 5.13 Å². The molecule has 0 aliphatic heterocycles. The fourth-order valence-corrected chi connectivity index (χ4v) is 2.57. The van der Waals surface area contributed by atoms with Crippen LogP contribution < -0.4 is 0 Å². The van der Waals surface area contributed by atoms with Crippen LogP contribution in [0.2, 0.25) is 0 Å². The average Bonchev–Trinajstić information content (AvgIpc) is 2.71. The first kappa shape index (κ1) is 11.2. The van der Waals surface area contributed by atoms with E-state index in [0.717, 1.165) is 5.69 Å². The van der Waals surface area contributed by atoms with Gasteiger partial charge < -0.3 is 0 Å². The van der Waals surface area contributed by atoms with Crippen molar-refractivity contribution in [3.63, 3.8) is 0 Å². The second-order valence-electron chi connectivity index (χ2n) is 3.50. The zero-order valence-corrected chi connectivity index (χ0v) is 10.4. The highest BCUT2D eigenvalue weighted by molar-refractivity contribution is 7.89. The summed E-state index contributed by atoms with van der Waals surface area (Å²) < 4.78 is 23.6. The molecule has 0 bridgehead atoms. The minimum atomic E-state index is -3.07. The van der Waals surface area contributed by atoms with Gasteiger partial charge in [-0.1, -0.05) is 5.21 Å². The van der Waals surface area contributed by atoms with Crippen molar-refractivity contribution >= 4 is 21.2 Å². The van der Waals surface area contributed by atoms with Crippen LogP contribution in [0.15, 0.2) is 11.6 Å². The van der Waals surface area contributed by atoms with Crippen LogP contribution in [-0.2, 0) is 15.6 Å². The molecule has 16 heavy (non-hydrogen) atoms. The molecule has 0 amide bonds. The molecule has 8 heteroatoms. The number of thiazole rings is 1. The zero-order chi connectivity index (χ0) is 11.8. The van der Waals surface area contributed by atoms with Gasteiger partial charge >= 0.3 is 0 Å². The Labute approximate surface area is 96.9 Å². The first-order valence-electron chi connectivity index (χ1n) is 4.45. The number of hydrogen-bond acceptors (Lipinski definition) is 6. The Morgan fingerprint density at radius 1 is 1.50 bits per heavy atom. The molecule has 0 aliphatic rings. The van der Waals surface area contributed by atoms with Crippen molar-refractivity contribution in [3.8, 4) is 5.13 Å². The molecule has 0 saturated heterocycles. The van der Waals surface area contributed by atoms with E-state index in [2.05, 4.69) is 15.3 Å². The van der Waals surface area contributed by atoms with Gasteiger partial charge in [0.25, 0.3) is 0 Å². The van der Waals surface area contributed by atoms with Gasteiger partial charge in [-0.15, -0.1) is 16.4 Å². The first-order chi connectivity index (χ1) is 7.44. The summed E-state index contributed by atoms with van der Waals surface area (Å²) in [7, 11) is -3.07. The van der Waals surface area contributed by atoms with Crippen molar-refractivity contribution in [2.75, 3.05) is 6.26 Å². The van der Waals surface area contributed by atoms with Gasteiger partial charge in [-0.05, 0) is 6.92 Å². The van der Waals surface area contributed by atoms with E-state index < -0.39 is 9.84 Å². The van der Waals surface area contributed by atoms with Gasteiger partial charge in [0.1, 0.15) is 0 Å². The van der Waals surface area contributed by atoms with E-state index in [0.29, 0.717) is 10.8 Å². The van der Waals surface area contributed by atoms with E-state index >= 15 is 0 Å². The lowest BCUT2D eigenvalue weighted by Gasteiger charge is -1.91. The van der Waals surface area contributed by atoms with E-state index in [4.69, 9.17) is 0 Å². The third-order valence-electron chi connectivity index (χ3n) is 1.75. The van der Waals surface area contributed by atoms with Crippen molar-refractivity contribution in [1.82, 2.24) is 20.0 Å². The highest BCUT2D eigenvalue weighted by Gasteiger charge is 2.10. The molecule has 0 aliphatic carbocycles. The maximum absolute atomic E-state index is 11.1. The summed E-state index contributed by atoms with van der Waals surface area (Å²) in [4.78, 5) is 4.22. The molecule has 2 rings (SSSR count). The Balaban J connectivity index is 2.26. The molecule has 2 aromatic heterocycles. The van der Waals surface area contributed by atoms with E-state index in [1.807, 2.05) is 12.3 Å². The van der Waals surface area contributed by atoms with Crippen LogP contribution in [0.4, 0.5) is 0 Å². The number of sulfone groups is 1. The molecule has 2 heterocycles. The van der Waals surface area contributed by atoms with E-state index in [9.17, 15) is 8.42 Å². The molecule has 0 atom stereocenters. The van der Waals surface area contributed by atoms with Crippen LogP contribution >= 0.6 is 11.3 Å². The normalized spacial score (nSPS) is 11.9. The lowest BCUT2D eigenvalue weighted by molar-refractivity contribution is 0.600. The fourth-order valence-electron chi connectivity index (χ4n) is 1.17. The molecule has 0 fully saturated rings. The topological polar surface area (TPSA) is 77.7 Å². The third kappa shape index (κ3) is 2.64. The highest BCUT2D eigenvalue weighted by Crippen LogP contribution is 2.13. The Kier molecular flexibility index (Phi) is 2.76. The van der Waals surface area contributed by atoms with Crippen LogP contribution in [0.3, 0.4) is 0 Å². The van der Waals surface area contributed by atoms with E-state index in [-0.39, 0.29) is 5.75 Å². The molecule has 6 nitrogen and oxygen atoms in total. The predicted octanol–water partition coefficient (Wildman–Crippen LogP) is 0.577. The summed E-state index contributed by atoms with van der Waals surface area (Å²) in [5.74, 6) is -0.0998. The summed E-state index contributed by atoms with van der Waals surface area (Å²) in [6, 6.07) is 0. The molecule has 0 saturated carbocycles. The monoisotopic (exact) mass is 258 g/mol. The van der Waals surface area contributed by atoms with Crippen LogP contribution in [0.5, 0.6) is 0 Å². The Bertz CT molecular complexity index is 599. The molecule has 0 aromatic carbocycles. The van der Waals surface area contributed by atoms with E-state index in [1.54, 1.807) is 6.20 Å². The largest absolute Gasteiger partial charge is 0.229 e. The predicted molar refractivity (Wildman–Crippen MR) is 60.3 cm³/mol. The van der Waals surface area contributed by atoms with Crippen molar-refractivity contribution in [3.05, 3.63) is 23.0 Å². The number of aryl methyl sites for hydroxylation is 1. The van der Waals surface area contributed by atoms with Gasteiger partial charge in [0, 0.05) is 11.6 Å². The minimum Gasteiger partial charge on any atom is -0.229 e. The SMILES string of the molecule is Cc1csc(-n2cc(CS(C)(=O)=O)nn2)n1. The van der Waals surface area contributed by atoms with Crippen LogP contribution in [0, 0.1) is 6.92 Å². The van der Waals surface area contributed by atoms with Crippen molar-refractivity contribution < 1.29 is 8.42 Å². The molecule has 2 aromatic rings. The van der Waals surface area contributed by atoms with Gasteiger partial charge in [-0.25, -0.2) is 13.4 Å². The van der Waals surface area contributed by atoms with Gasteiger partial charge in [-0.3, -0.25) is 0 Å². The van der Waals surface area contributed by atoms with Crippen LogP contribution in [-0.4, -0.2) is 34.7 Å². The summed E-state index contributed by atoms with van der Waals surface area (Å²) in [6.07, 6.45) is 2.75. The van der Waals surface area contributed by atoms with Crippen molar-refractivity contribution in [2.45, 2.75) is 12.7 Å². The van der Waals surface area contributed by atoms with E-state index in [1.165, 1.54) is 22.3 Å². The Morgan fingerprint density at radius 2 is 2.25 bits per heavy atom. The molecular formula is C8H10N4O2S2. The quantitative estimate of drug-likeness (QED) is 0.804. The second-order valence-corrected chi connectivity index (χ2v) is 6.47. The Hall–Kier alpha value is -1.28. The fraction of sp³-hybridized carbons (Fsp3) is 0.375. The smallest absolute Gasteiger partial charge is 0.211 e. The van der Waals surface area contributed by atoms with Crippen molar-refractivity contribution in [2.24, 2.45) is 0 Å². The standard InChI is InChI=1S/C8H10N4O2S2/c1-6-4-15-8(9-6)12-3-7(10-11-12)5-16(2,13)14/h3-4H,5H2,1-2H3. The highest BCUT2D eigenvalue weighted by atomic mass is 32.2. The van der Waals surface area contributed by atoms with Gasteiger partial charge in [0.05, 0.1) is 23.3 Å². The zero-order valence-electron chi connectivity index (χ0n) is 8.78. The van der Waals surface area contributed by atoms with Crippen LogP contribution in [0.1, 0.15) is 11.4 Å². The minimum absolute atomic E-state index is 0.0998. The number of rotatable bonds is 3. The first-order valence-corrected chi connectivity index (χ1v) is 7.39. The average molecular weight is 258 g/mol. The Morgan fingerprint density at radius 3 is 2.81 bits per heavy atom. The van der Waals surface area contributed by atoms with Gasteiger partial charge in [0.15, 0.2) is 9.84 Å². The molecule has 0 N–H and O–H groups in total. The number of hydrogen-bond donors (Lipinski definition) is 0. The maximum atomic E-state index is 11.1. The lowest BCUT2D eigenvalue weighted by atomic mass is 10.6. The van der Waals surface area contributed by atoms with Gasteiger partial charge in [-0.2, -0.15) is 4.68 Å². The maximum Gasteiger partial charge on any atom is 0.211 e. The molecular weight excluding hydrogens is 248 g/mol. The van der Waals surface area contributed by atoms with Crippen molar-refractivity contribution in [1.29, 1.82) is 0 Å². The van der Waals surface area contributed by atoms with Gasteiger partial charge in [0.2, 0.25) is 5.13 Å². The lowest BCUT2D eigenvalue weighted by Crippen LogP contribution is -2.00. The number of nitrogens with zero attached hydrogens (tertiary/aromatic N) is 4. The third-order valence-corrected chi connectivity index (χ3v) is 3.52. The number of aromatic nitrogens is 4. The molecule has 0 spiro atoms. The molecule has 86 valence electrons. The molecule has 0 radical (unpaired) electrons. The summed E-state index contributed by atoms with van der Waals surface area (Å²) in [5.41, 5.74) is 1.33.